The number of benzene rings is 1. The molecule has 0 unspecified atom stereocenters. The van der Waals surface area contributed by atoms with Gasteiger partial charge in [-0.2, -0.15) is 0 Å². The van der Waals surface area contributed by atoms with Gasteiger partial charge in [0.15, 0.2) is 0 Å². The molecule has 19 heavy (non-hydrogen) atoms. The van der Waals surface area contributed by atoms with Gasteiger partial charge in [0.05, 0.1) is 11.3 Å². The number of carbonyl (C=O) groups is 1. The normalized spacial score (nSPS) is 10.3. The fraction of sp³-hybridized carbons (Fsp3) is 0. The van der Waals surface area contributed by atoms with Gasteiger partial charge >= 0.3 is 0 Å². The van der Waals surface area contributed by atoms with Gasteiger partial charge in [-0.15, -0.1) is 0 Å². The Morgan fingerprint density at radius 2 is 2.05 bits per heavy atom. The summed E-state index contributed by atoms with van der Waals surface area (Å²) in [5, 5.41) is 2.30. The molecule has 98 valence electrons. The predicted molar refractivity (Wildman–Crippen MR) is 70.7 cm³/mol. The van der Waals surface area contributed by atoms with Crippen molar-refractivity contribution in [1.82, 2.24) is 4.98 Å². The third-order valence-electron chi connectivity index (χ3n) is 2.31. The number of nitrogens with zero attached hydrogens (tertiary/aromatic N) is 1. The van der Waals surface area contributed by atoms with Crippen molar-refractivity contribution in [3.63, 3.8) is 0 Å². The Bertz CT molecular complexity index is 649. The highest BCUT2D eigenvalue weighted by Crippen LogP contribution is 2.19. The summed E-state index contributed by atoms with van der Waals surface area (Å²) >= 11 is 3.15. The van der Waals surface area contributed by atoms with Gasteiger partial charge in [-0.3, -0.25) is 4.79 Å². The molecule has 0 bridgehead atoms. The van der Waals surface area contributed by atoms with Gasteiger partial charge in [0, 0.05) is 16.7 Å². The number of pyridine rings is 1. The van der Waals surface area contributed by atoms with Gasteiger partial charge in [-0.25, -0.2) is 13.8 Å². The lowest BCUT2D eigenvalue weighted by atomic mass is 10.2. The van der Waals surface area contributed by atoms with E-state index < -0.39 is 17.5 Å². The van der Waals surface area contributed by atoms with Crippen LogP contribution >= 0.6 is 15.9 Å². The second-order valence-corrected chi connectivity index (χ2v) is 4.58. The Balaban J connectivity index is 2.28. The molecule has 0 radical (unpaired) electrons. The number of carbonyl (C=O) groups excluding carboxylic acids is 1. The third kappa shape index (κ3) is 3.05. The van der Waals surface area contributed by atoms with Crippen molar-refractivity contribution in [3.05, 3.63) is 52.1 Å². The van der Waals surface area contributed by atoms with Gasteiger partial charge in [0.2, 0.25) is 0 Å². The van der Waals surface area contributed by atoms with E-state index in [9.17, 15) is 13.6 Å². The summed E-state index contributed by atoms with van der Waals surface area (Å²) in [5.74, 6) is -2.20. The van der Waals surface area contributed by atoms with Crippen molar-refractivity contribution in [1.29, 1.82) is 0 Å². The molecule has 0 aliphatic carbocycles. The number of amides is 1. The molecule has 1 amide bonds. The van der Waals surface area contributed by atoms with Crippen LogP contribution in [0.25, 0.3) is 0 Å². The number of rotatable bonds is 2. The summed E-state index contributed by atoms with van der Waals surface area (Å²) in [7, 11) is 0. The second kappa shape index (κ2) is 5.31. The van der Waals surface area contributed by atoms with E-state index in [1.54, 1.807) is 0 Å². The first-order valence-corrected chi connectivity index (χ1v) is 5.94. The number of aromatic nitrogens is 1. The average Bonchev–Trinajstić information content (AvgIpc) is 2.35. The number of hydrogen-bond donors (Lipinski definition) is 2. The van der Waals surface area contributed by atoms with Gasteiger partial charge in [-0.1, -0.05) is 0 Å². The smallest absolute Gasteiger partial charge is 0.259 e. The highest BCUT2D eigenvalue weighted by molar-refractivity contribution is 9.10. The van der Waals surface area contributed by atoms with Crippen molar-refractivity contribution < 1.29 is 13.6 Å². The zero-order valence-electron chi connectivity index (χ0n) is 9.45. The molecule has 3 N–H and O–H groups in total. The summed E-state index contributed by atoms with van der Waals surface area (Å²) in [6, 6.07) is 4.31. The topological polar surface area (TPSA) is 68.0 Å². The molecule has 0 spiro atoms. The molecule has 2 rings (SSSR count). The molecule has 2 aromatic rings. The molecule has 0 aliphatic rings. The zero-order chi connectivity index (χ0) is 14.0. The van der Waals surface area contributed by atoms with E-state index in [4.69, 9.17) is 5.73 Å². The van der Waals surface area contributed by atoms with Crippen LogP contribution in [-0.4, -0.2) is 10.9 Å². The molecule has 1 heterocycles. The molecule has 0 aliphatic heterocycles. The monoisotopic (exact) mass is 327 g/mol. The summed E-state index contributed by atoms with van der Waals surface area (Å²) in [4.78, 5) is 15.7. The summed E-state index contributed by atoms with van der Waals surface area (Å²) in [6.45, 7) is 0. The molecule has 0 fully saturated rings. The van der Waals surface area contributed by atoms with Crippen LogP contribution in [0.15, 0.2) is 34.9 Å². The average molecular weight is 328 g/mol. The van der Waals surface area contributed by atoms with Crippen LogP contribution in [0.2, 0.25) is 0 Å². The first-order chi connectivity index (χ1) is 8.97. The minimum Gasteiger partial charge on any atom is -0.383 e. The molecule has 0 saturated heterocycles. The van der Waals surface area contributed by atoms with E-state index in [0.717, 1.165) is 12.1 Å². The van der Waals surface area contributed by atoms with Crippen LogP contribution < -0.4 is 11.1 Å². The van der Waals surface area contributed by atoms with E-state index in [-0.39, 0.29) is 17.1 Å². The van der Waals surface area contributed by atoms with E-state index in [1.807, 2.05) is 0 Å². The maximum Gasteiger partial charge on any atom is 0.259 e. The Kier molecular flexibility index (Phi) is 3.75. The Labute approximate surface area is 115 Å². The molecule has 7 heteroatoms. The first-order valence-electron chi connectivity index (χ1n) is 5.15. The molecular formula is C12H8BrF2N3O. The molecular weight excluding hydrogens is 320 g/mol. The van der Waals surface area contributed by atoms with Crippen molar-refractivity contribution in [3.8, 4) is 0 Å². The quantitative estimate of drug-likeness (QED) is 0.891. The minimum absolute atomic E-state index is 0.0169. The summed E-state index contributed by atoms with van der Waals surface area (Å²) in [6.07, 6.45) is 1.44. The van der Waals surface area contributed by atoms with Crippen LogP contribution in [-0.2, 0) is 0 Å². The molecule has 1 aromatic carbocycles. The number of nitrogens with one attached hydrogen (secondary N) is 1. The lowest BCUT2D eigenvalue weighted by Crippen LogP contribution is -2.15. The van der Waals surface area contributed by atoms with Crippen LogP contribution in [0.4, 0.5) is 20.3 Å². The lowest BCUT2D eigenvalue weighted by Gasteiger charge is -2.08. The Hall–Kier alpha value is -2.02. The summed E-state index contributed by atoms with van der Waals surface area (Å²) < 4.78 is 26.7. The minimum atomic E-state index is -0.866. The molecule has 0 atom stereocenters. The molecule has 1 aromatic heterocycles. The van der Waals surface area contributed by atoms with Gasteiger partial charge in [0.1, 0.15) is 17.5 Å². The highest BCUT2D eigenvalue weighted by Gasteiger charge is 2.14. The number of halogens is 3. The van der Waals surface area contributed by atoms with Crippen LogP contribution in [0, 0.1) is 11.6 Å². The Morgan fingerprint density at radius 3 is 2.74 bits per heavy atom. The van der Waals surface area contributed by atoms with Crippen LogP contribution in [0.5, 0.6) is 0 Å². The summed E-state index contributed by atoms with van der Waals surface area (Å²) in [5.41, 5.74) is 5.52. The van der Waals surface area contributed by atoms with E-state index in [0.29, 0.717) is 10.5 Å². The van der Waals surface area contributed by atoms with E-state index >= 15 is 0 Å². The number of nitrogen functional groups attached to an aromatic ring is 1. The fourth-order valence-corrected chi connectivity index (χ4v) is 1.74. The zero-order valence-corrected chi connectivity index (χ0v) is 11.0. The van der Waals surface area contributed by atoms with Gasteiger partial charge in [0.25, 0.3) is 5.91 Å². The van der Waals surface area contributed by atoms with Crippen LogP contribution in [0.3, 0.4) is 0 Å². The van der Waals surface area contributed by atoms with E-state index in [2.05, 4.69) is 26.2 Å². The fourth-order valence-electron chi connectivity index (χ4n) is 1.41. The van der Waals surface area contributed by atoms with Crippen molar-refractivity contribution in [2.75, 3.05) is 11.1 Å². The predicted octanol–water partition coefficient (Wildman–Crippen LogP) is 2.96. The SMILES string of the molecule is Nc1ncc(Br)cc1C(=O)Nc1ccc(F)cc1F. The first kappa shape index (κ1) is 13.4. The third-order valence-corrected chi connectivity index (χ3v) is 2.74. The highest BCUT2D eigenvalue weighted by atomic mass is 79.9. The maximum atomic E-state index is 13.4. The van der Waals surface area contributed by atoms with Crippen molar-refractivity contribution in [2.24, 2.45) is 0 Å². The lowest BCUT2D eigenvalue weighted by molar-refractivity contribution is 0.102. The standard InChI is InChI=1S/C12H8BrF2N3O/c13-6-3-8(11(16)17-5-6)12(19)18-10-2-1-7(14)4-9(10)15/h1-5H,(H2,16,17)(H,18,19). The Morgan fingerprint density at radius 1 is 1.32 bits per heavy atom. The number of nitrogens with two attached hydrogens (primary N) is 1. The largest absolute Gasteiger partial charge is 0.383 e. The van der Waals surface area contributed by atoms with Crippen molar-refractivity contribution in [2.45, 2.75) is 0 Å². The number of hydrogen-bond acceptors (Lipinski definition) is 3. The van der Waals surface area contributed by atoms with Crippen LogP contribution in [0.1, 0.15) is 10.4 Å². The maximum absolute atomic E-state index is 13.4. The number of anilines is 2. The van der Waals surface area contributed by atoms with Gasteiger partial charge in [-0.05, 0) is 34.1 Å². The molecule has 4 nitrogen and oxygen atoms in total. The van der Waals surface area contributed by atoms with Gasteiger partial charge < -0.3 is 11.1 Å². The second-order valence-electron chi connectivity index (χ2n) is 3.66. The van der Waals surface area contributed by atoms with Crippen molar-refractivity contribution >= 4 is 33.3 Å². The molecule has 0 saturated carbocycles. The van der Waals surface area contributed by atoms with E-state index in [1.165, 1.54) is 12.3 Å².